The van der Waals surface area contributed by atoms with Crippen LogP contribution in [-0.2, 0) is 5.41 Å². The number of nitrogens with one attached hydrogen (secondary N) is 1. The Morgan fingerprint density at radius 2 is 1.96 bits per heavy atom. The first kappa shape index (κ1) is 19.0. The van der Waals surface area contributed by atoms with E-state index in [1.165, 1.54) is 17.4 Å². The van der Waals surface area contributed by atoms with Gasteiger partial charge in [-0.25, -0.2) is 4.39 Å². The lowest BCUT2D eigenvalue weighted by molar-refractivity contribution is 0.145. The number of hydrogen-bond donors (Lipinski definition) is 2. The van der Waals surface area contributed by atoms with E-state index in [4.69, 9.17) is 0 Å². The van der Waals surface area contributed by atoms with E-state index in [1.807, 2.05) is 13.0 Å². The van der Waals surface area contributed by atoms with Gasteiger partial charge in [0.05, 0.1) is 12.1 Å². The zero-order valence-electron chi connectivity index (χ0n) is 15.8. The van der Waals surface area contributed by atoms with Gasteiger partial charge in [0.15, 0.2) is 0 Å². The molecule has 2 heterocycles. The summed E-state index contributed by atoms with van der Waals surface area (Å²) in [7, 11) is 0. The molecule has 1 saturated heterocycles. The van der Waals surface area contributed by atoms with Gasteiger partial charge in [-0.15, -0.1) is 10.2 Å². The largest absolute Gasteiger partial charge is 0.393 e. The molecular formula is C19H27FN4OS. The Hall–Kier alpha value is -1.73. The van der Waals surface area contributed by atoms with Crippen LogP contribution in [0, 0.1) is 5.82 Å². The van der Waals surface area contributed by atoms with Crippen molar-refractivity contribution >= 4 is 22.2 Å². The van der Waals surface area contributed by atoms with Crippen LogP contribution in [0.2, 0.25) is 0 Å². The number of benzene rings is 1. The second-order valence-corrected chi connectivity index (χ2v) is 8.93. The fourth-order valence-corrected chi connectivity index (χ4v) is 4.00. The first-order valence-electron chi connectivity index (χ1n) is 9.07. The number of aliphatic hydroxyl groups is 1. The fourth-order valence-electron chi connectivity index (χ4n) is 3.11. The molecule has 7 heteroatoms. The monoisotopic (exact) mass is 378 g/mol. The summed E-state index contributed by atoms with van der Waals surface area (Å²) in [6.45, 7) is 9.89. The van der Waals surface area contributed by atoms with Gasteiger partial charge in [-0.3, -0.25) is 0 Å². The van der Waals surface area contributed by atoms with Gasteiger partial charge >= 0.3 is 0 Å². The van der Waals surface area contributed by atoms with E-state index in [0.717, 1.165) is 47.3 Å². The molecule has 0 spiro atoms. The van der Waals surface area contributed by atoms with Crippen LogP contribution in [0.25, 0.3) is 0 Å². The topological polar surface area (TPSA) is 61.3 Å². The summed E-state index contributed by atoms with van der Waals surface area (Å²) in [6, 6.07) is 4.82. The molecule has 1 aliphatic rings. The third-order valence-corrected chi connectivity index (χ3v) is 5.95. The van der Waals surface area contributed by atoms with Crippen LogP contribution >= 0.6 is 11.3 Å². The molecule has 2 aromatic rings. The lowest BCUT2D eigenvalue weighted by Gasteiger charge is -2.34. The van der Waals surface area contributed by atoms with E-state index in [0.29, 0.717) is 0 Å². The number of nitrogens with zero attached hydrogens (tertiary/aromatic N) is 3. The molecule has 0 radical (unpaired) electrons. The normalized spacial score (nSPS) is 17.4. The molecule has 0 amide bonds. The average molecular weight is 379 g/mol. The molecule has 5 nitrogen and oxygen atoms in total. The second-order valence-electron chi connectivity index (χ2n) is 7.95. The van der Waals surface area contributed by atoms with Gasteiger partial charge in [-0.2, -0.15) is 0 Å². The van der Waals surface area contributed by atoms with Crippen molar-refractivity contribution < 1.29 is 9.50 Å². The lowest BCUT2D eigenvalue weighted by atomic mass is 9.98. The van der Waals surface area contributed by atoms with E-state index in [1.54, 1.807) is 6.07 Å². The first-order chi connectivity index (χ1) is 12.2. The van der Waals surface area contributed by atoms with Crippen molar-refractivity contribution in [1.29, 1.82) is 0 Å². The molecule has 1 aromatic heterocycles. The molecule has 1 fully saturated rings. The minimum atomic E-state index is -0.248. The van der Waals surface area contributed by atoms with Crippen LogP contribution < -0.4 is 10.2 Å². The fraction of sp³-hybridized carbons (Fsp3) is 0.579. The molecular weight excluding hydrogens is 351 g/mol. The highest BCUT2D eigenvalue weighted by atomic mass is 32.1. The molecule has 2 N–H and O–H groups in total. The summed E-state index contributed by atoms with van der Waals surface area (Å²) in [5, 5.41) is 23.3. The Kier molecular flexibility index (Phi) is 5.48. The minimum absolute atomic E-state index is 0.0422. The van der Waals surface area contributed by atoms with Crippen molar-refractivity contribution in [2.75, 3.05) is 23.3 Å². The maximum atomic E-state index is 13.9. The molecule has 1 unspecified atom stereocenters. The van der Waals surface area contributed by atoms with Gasteiger partial charge in [-0.05, 0) is 38.0 Å². The number of hydrogen-bond acceptors (Lipinski definition) is 6. The maximum absolute atomic E-state index is 13.9. The van der Waals surface area contributed by atoms with Crippen LogP contribution in [0.3, 0.4) is 0 Å². The lowest BCUT2D eigenvalue weighted by Crippen LogP contribution is -2.36. The quantitative estimate of drug-likeness (QED) is 0.838. The van der Waals surface area contributed by atoms with Gasteiger partial charge in [0.2, 0.25) is 5.13 Å². The van der Waals surface area contributed by atoms with E-state index in [9.17, 15) is 9.50 Å². The van der Waals surface area contributed by atoms with Crippen LogP contribution in [0.15, 0.2) is 18.2 Å². The van der Waals surface area contributed by atoms with Crippen LogP contribution in [-0.4, -0.2) is 34.5 Å². The van der Waals surface area contributed by atoms with E-state index in [-0.39, 0.29) is 23.4 Å². The highest BCUT2D eigenvalue weighted by Gasteiger charge is 2.23. The maximum Gasteiger partial charge on any atom is 0.206 e. The van der Waals surface area contributed by atoms with Crippen LogP contribution in [0.5, 0.6) is 0 Å². The Bertz CT molecular complexity index is 750. The SMILES string of the molecule is CC(Nc1nnc(C(C)(C)C)s1)c1cc(F)ccc1N1CCC(O)CC1. The minimum Gasteiger partial charge on any atom is -0.393 e. The molecule has 0 saturated carbocycles. The van der Waals surface area contributed by atoms with E-state index < -0.39 is 0 Å². The van der Waals surface area contributed by atoms with Crippen LogP contribution in [0.4, 0.5) is 15.2 Å². The van der Waals surface area contributed by atoms with Crippen molar-refractivity contribution in [2.45, 2.75) is 58.1 Å². The van der Waals surface area contributed by atoms with Gasteiger partial charge in [0.1, 0.15) is 10.8 Å². The van der Waals surface area contributed by atoms with E-state index in [2.05, 4.69) is 41.2 Å². The Morgan fingerprint density at radius 3 is 2.58 bits per heavy atom. The molecule has 26 heavy (non-hydrogen) atoms. The second kappa shape index (κ2) is 7.48. The molecule has 142 valence electrons. The van der Waals surface area contributed by atoms with Crippen molar-refractivity contribution in [2.24, 2.45) is 0 Å². The zero-order valence-corrected chi connectivity index (χ0v) is 16.6. The Balaban J connectivity index is 1.81. The van der Waals surface area contributed by atoms with Gasteiger partial charge < -0.3 is 15.3 Å². The highest BCUT2D eigenvalue weighted by Crippen LogP contribution is 2.33. The third-order valence-electron chi connectivity index (χ3n) is 4.67. The Morgan fingerprint density at radius 1 is 1.27 bits per heavy atom. The van der Waals surface area contributed by atoms with Crippen molar-refractivity contribution in [3.05, 3.63) is 34.6 Å². The Labute approximate surface area is 158 Å². The van der Waals surface area contributed by atoms with Gasteiger partial charge in [0.25, 0.3) is 0 Å². The number of anilines is 2. The third kappa shape index (κ3) is 4.32. The predicted molar refractivity (Wildman–Crippen MR) is 105 cm³/mol. The highest BCUT2D eigenvalue weighted by molar-refractivity contribution is 7.15. The number of piperidine rings is 1. The van der Waals surface area contributed by atoms with Crippen LogP contribution in [0.1, 0.15) is 57.1 Å². The summed E-state index contributed by atoms with van der Waals surface area (Å²) >= 11 is 1.54. The smallest absolute Gasteiger partial charge is 0.206 e. The summed E-state index contributed by atoms with van der Waals surface area (Å²) in [6.07, 6.45) is 1.25. The average Bonchev–Trinajstić information content (AvgIpc) is 3.04. The number of aliphatic hydroxyl groups excluding tert-OH is 1. The van der Waals surface area contributed by atoms with Crippen molar-refractivity contribution in [3.8, 4) is 0 Å². The standard InChI is InChI=1S/C19H27FN4OS/c1-12(21-18-23-22-17(26-18)19(2,3)4)15-11-13(20)5-6-16(15)24-9-7-14(25)8-10-24/h5-6,11-12,14,25H,7-10H2,1-4H3,(H,21,23). The molecule has 1 atom stereocenters. The molecule has 1 aliphatic heterocycles. The first-order valence-corrected chi connectivity index (χ1v) is 9.88. The molecule has 3 rings (SSSR count). The number of aromatic nitrogens is 2. The summed E-state index contributed by atoms with van der Waals surface area (Å²) < 4.78 is 13.9. The van der Waals surface area contributed by atoms with Gasteiger partial charge in [0, 0.05) is 29.8 Å². The summed E-state index contributed by atoms with van der Waals surface area (Å²) in [4.78, 5) is 2.22. The molecule has 0 bridgehead atoms. The van der Waals surface area contributed by atoms with Crippen molar-refractivity contribution in [3.63, 3.8) is 0 Å². The summed E-state index contributed by atoms with van der Waals surface area (Å²) in [5.41, 5.74) is 1.87. The zero-order chi connectivity index (χ0) is 18.9. The van der Waals surface area contributed by atoms with E-state index >= 15 is 0 Å². The molecule has 0 aliphatic carbocycles. The number of halogens is 1. The number of rotatable bonds is 4. The molecule has 1 aromatic carbocycles. The van der Waals surface area contributed by atoms with Crippen molar-refractivity contribution in [1.82, 2.24) is 10.2 Å². The predicted octanol–water partition coefficient (Wildman–Crippen LogP) is 4.11. The van der Waals surface area contributed by atoms with Gasteiger partial charge in [-0.1, -0.05) is 32.1 Å². The summed E-state index contributed by atoms with van der Waals surface area (Å²) in [5.74, 6) is -0.248.